The number of β-amino-alcohol motifs (C(OH)–C–C–N with tert-alkyl or cyclic N) is 1. The van der Waals surface area contributed by atoms with Crippen molar-refractivity contribution < 1.29 is 19.4 Å². The highest BCUT2D eigenvalue weighted by molar-refractivity contribution is 6.76. The van der Waals surface area contributed by atoms with Gasteiger partial charge in [-0.2, -0.15) is 10.4 Å². The zero-order valence-corrected chi connectivity index (χ0v) is 18.7. The molecule has 0 spiro atoms. The minimum Gasteiger partial charge on any atom is -0.445 e. The molecular formula is C21H28N4O4Si. The van der Waals surface area contributed by atoms with E-state index in [-0.39, 0.29) is 32.1 Å². The van der Waals surface area contributed by atoms with E-state index in [1.54, 1.807) is 6.20 Å². The van der Waals surface area contributed by atoms with E-state index in [0.717, 1.165) is 11.6 Å². The van der Waals surface area contributed by atoms with Gasteiger partial charge in [-0.15, -0.1) is 0 Å². The lowest BCUT2D eigenvalue weighted by Crippen LogP contribution is -2.61. The van der Waals surface area contributed by atoms with Gasteiger partial charge in [0.25, 0.3) is 0 Å². The van der Waals surface area contributed by atoms with Gasteiger partial charge in [-0.1, -0.05) is 50.0 Å². The van der Waals surface area contributed by atoms with Gasteiger partial charge in [-0.25, -0.2) is 9.48 Å². The molecule has 0 unspecified atom stereocenters. The number of carbonyl (C=O) groups is 1. The number of aliphatic hydroxyl groups is 1. The number of carbonyl (C=O) groups excluding carboxylic acids is 1. The summed E-state index contributed by atoms with van der Waals surface area (Å²) in [6, 6.07) is 12.5. The van der Waals surface area contributed by atoms with Crippen LogP contribution in [0.15, 0.2) is 36.5 Å². The van der Waals surface area contributed by atoms with Crippen LogP contribution in [0.1, 0.15) is 16.8 Å². The number of hydrogen-bond acceptors (Lipinski definition) is 6. The summed E-state index contributed by atoms with van der Waals surface area (Å²) in [5.74, 6) is 0. The second-order valence-corrected chi connectivity index (χ2v) is 14.4. The summed E-state index contributed by atoms with van der Waals surface area (Å²) in [7, 11) is -1.18. The first-order valence-electron chi connectivity index (χ1n) is 9.94. The van der Waals surface area contributed by atoms with Crippen molar-refractivity contribution in [2.45, 2.75) is 44.6 Å². The lowest BCUT2D eigenvalue weighted by atomic mass is 9.87. The zero-order chi connectivity index (χ0) is 21.8. The van der Waals surface area contributed by atoms with E-state index in [2.05, 4.69) is 24.7 Å². The first-order valence-corrected chi connectivity index (χ1v) is 13.6. The van der Waals surface area contributed by atoms with E-state index < -0.39 is 19.8 Å². The number of hydrogen-bond donors (Lipinski definition) is 1. The van der Waals surface area contributed by atoms with Crippen LogP contribution in [0.5, 0.6) is 0 Å². The number of ether oxygens (including phenoxy) is 2. The van der Waals surface area contributed by atoms with Crippen LogP contribution in [0.3, 0.4) is 0 Å². The minimum atomic E-state index is -1.31. The Morgan fingerprint density at radius 3 is 2.63 bits per heavy atom. The van der Waals surface area contributed by atoms with Gasteiger partial charge in [0, 0.05) is 26.4 Å². The highest BCUT2D eigenvalue weighted by Crippen LogP contribution is 2.34. The summed E-state index contributed by atoms with van der Waals surface area (Å²) in [6.07, 6.45) is 1.13. The lowest BCUT2D eigenvalue weighted by molar-refractivity contribution is -0.0952. The van der Waals surface area contributed by atoms with Crippen LogP contribution in [-0.2, 0) is 28.4 Å². The fourth-order valence-electron chi connectivity index (χ4n) is 3.14. The van der Waals surface area contributed by atoms with Crippen molar-refractivity contribution in [3.63, 3.8) is 0 Å². The topological polar surface area (TPSA) is 101 Å². The van der Waals surface area contributed by atoms with Gasteiger partial charge in [0.1, 0.15) is 25.0 Å². The van der Waals surface area contributed by atoms with Crippen molar-refractivity contribution in [1.29, 1.82) is 5.26 Å². The Bertz CT molecular complexity index is 911. The zero-order valence-electron chi connectivity index (χ0n) is 17.7. The number of nitrogens with zero attached hydrogens (tertiary/aromatic N) is 4. The molecule has 1 aromatic carbocycles. The Kier molecular flexibility index (Phi) is 6.60. The molecule has 30 heavy (non-hydrogen) atoms. The van der Waals surface area contributed by atoms with Crippen LogP contribution in [0, 0.1) is 11.3 Å². The van der Waals surface area contributed by atoms with Gasteiger partial charge in [0.15, 0.2) is 5.69 Å². The molecule has 3 rings (SSSR count). The monoisotopic (exact) mass is 428 g/mol. The second-order valence-electron chi connectivity index (χ2n) is 8.82. The lowest BCUT2D eigenvalue weighted by Gasteiger charge is -2.45. The van der Waals surface area contributed by atoms with Crippen molar-refractivity contribution in [2.75, 3.05) is 19.7 Å². The Hall–Kier alpha value is -2.67. The van der Waals surface area contributed by atoms with Crippen molar-refractivity contribution >= 4 is 14.2 Å². The first-order chi connectivity index (χ1) is 14.2. The van der Waals surface area contributed by atoms with Crippen LogP contribution in [0.25, 0.3) is 0 Å². The Labute approximate surface area is 177 Å². The molecule has 1 saturated heterocycles. The van der Waals surface area contributed by atoms with Gasteiger partial charge in [0.05, 0.1) is 13.1 Å². The van der Waals surface area contributed by atoms with E-state index >= 15 is 0 Å². The fraction of sp³-hybridized carbons (Fsp3) is 0.476. The van der Waals surface area contributed by atoms with E-state index in [0.29, 0.717) is 12.2 Å². The molecule has 8 nitrogen and oxygen atoms in total. The third kappa shape index (κ3) is 5.47. The van der Waals surface area contributed by atoms with Gasteiger partial charge in [-0.05, 0) is 11.6 Å². The fourth-order valence-corrected chi connectivity index (χ4v) is 3.90. The highest BCUT2D eigenvalue weighted by atomic mass is 28.3. The first kappa shape index (κ1) is 22.0. The molecule has 1 aromatic heterocycles. The predicted octanol–water partition coefficient (Wildman–Crippen LogP) is 2.91. The quantitative estimate of drug-likeness (QED) is 0.512. The van der Waals surface area contributed by atoms with Crippen LogP contribution >= 0.6 is 0 Å². The molecule has 2 aromatic rings. The molecule has 9 heteroatoms. The maximum absolute atomic E-state index is 12.2. The Morgan fingerprint density at radius 1 is 1.30 bits per heavy atom. The van der Waals surface area contributed by atoms with Crippen molar-refractivity contribution in [3.8, 4) is 6.07 Å². The van der Waals surface area contributed by atoms with E-state index in [1.165, 1.54) is 9.58 Å². The average molecular weight is 429 g/mol. The van der Waals surface area contributed by atoms with Crippen LogP contribution in [0.4, 0.5) is 4.79 Å². The van der Waals surface area contributed by atoms with Gasteiger partial charge in [0.2, 0.25) is 0 Å². The smallest absolute Gasteiger partial charge is 0.410 e. The summed E-state index contributed by atoms with van der Waals surface area (Å²) in [5.41, 5.74) is 0.131. The molecule has 2 heterocycles. The standard InChI is InChI=1S/C21H28N4O4Si/c1-30(2,3)10-9-28-16-25-12-18(19(11-22)23-25)21(27)14-24(15-21)20(26)29-13-17-7-5-4-6-8-17/h4-8,12,27H,9-10,13-16H2,1-3H3. The summed E-state index contributed by atoms with van der Waals surface area (Å²) < 4.78 is 12.5. The molecule has 0 saturated carbocycles. The van der Waals surface area contributed by atoms with Gasteiger partial charge >= 0.3 is 6.09 Å². The number of aromatic nitrogens is 2. The van der Waals surface area contributed by atoms with Crippen LogP contribution < -0.4 is 0 Å². The molecular weight excluding hydrogens is 400 g/mol. The Balaban J connectivity index is 1.54. The highest BCUT2D eigenvalue weighted by Gasteiger charge is 2.48. The second kappa shape index (κ2) is 9.00. The summed E-state index contributed by atoms with van der Waals surface area (Å²) in [5, 5.41) is 24.5. The molecule has 0 aliphatic carbocycles. The van der Waals surface area contributed by atoms with Gasteiger partial charge < -0.3 is 19.5 Å². The van der Waals surface area contributed by atoms with E-state index in [4.69, 9.17) is 9.47 Å². The Morgan fingerprint density at radius 2 is 2.00 bits per heavy atom. The molecule has 1 fully saturated rings. The SMILES string of the molecule is C[Si](C)(C)CCOCn1cc(C2(O)CN(C(=O)OCc3ccccc3)C2)c(C#N)n1. The molecule has 1 aliphatic heterocycles. The van der Waals surface area contributed by atoms with Crippen molar-refractivity contribution in [2.24, 2.45) is 0 Å². The third-order valence-corrected chi connectivity index (χ3v) is 6.66. The molecule has 1 N–H and O–H groups in total. The number of benzene rings is 1. The molecule has 1 aliphatic rings. The molecule has 0 radical (unpaired) electrons. The van der Waals surface area contributed by atoms with Crippen molar-refractivity contribution in [1.82, 2.24) is 14.7 Å². The number of likely N-dealkylation sites (tertiary alicyclic amines) is 1. The largest absolute Gasteiger partial charge is 0.445 e. The van der Waals surface area contributed by atoms with Crippen molar-refractivity contribution in [3.05, 3.63) is 53.3 Å². The predicted molar refractivity (Wildman–Crippen MR) is 113 cm³/mol. The molecule has 0 bridgehead atoms. The normalized spacial score (nSPS) is 15.4. The summed E-state index contributed by atoms with van der Waals surface area (Å²) in [4.78, 5) is 13.6. The number of nitriles is 1. The van der Waals surface area contributed by atoms with Gasteiger partial charge in [-0.3, -0.25) is 0 Å². The number of amides is 1. The molecule has 160 valence electrons. The molecule has 0 atom stereocenters. The number of rotatable bonds is 8. The molecule has 1 amide bonds. The summed E-state index contributed by atoms with van der Waals surface area (Å²) in [6.45, 7) is 7.96. The maximum atomic E-state index is 12.2. The van der Waals surface area contributed by atoms with Crippen LogP contribution in [-0.4, -0.2) is 53.7 Å². The summed E-state index contributed by atoms with van der Waals surface area (Å²) >= 11 is 0. The van der Waals surface area contributed by atoms with E-state index in [1.807, 2.05) is 36.4 Å². The minimum absolute atomic E-state index is 0.0531. The maximum Gasteiger partial charge on any atom is 0.410 e. The average Bonchev–Trinajstić information content (AvgIpc) is 3.11. The third-order valence-electron chi connectivity index (χ3n) is 4.96. The van der Waals surface area contributed by atoms with E-state index in [9.17, 15) is 15.2 Å². The van der Waals surface area contributed by atoms with Crippen LogP contribution in [0.2, 0.25) is 25.7 Å².